The monoisotopic (exact) mass is 428 g/mol. The molecule has 1 fully saturated rings. The van der Waals surface area contributed by atoms with Gasteiger partial charge in [0, 0.05) is 42.5 Å². The van der Waals surface area contributed by atoms with Crippen LogP contribution in [0.25, 0.3) is 0 Å². The van der Waals surface area contributed by atoms with Crippen molar-refractivity contribution in [3.63, 3.8) is 0 Å². The number of rotatable bonds is 6. The first kappa shape index (κ1) is 21.6. The minimum Gasteiger partial charge on any atom is -0.368 e. The zero-order valence-corrected chi connectivity index (χ0v) is 17.6. The molecule has 8 heteroatoms. The summed E-state index contributed by atoms with van der Waals surface area (Å²) in [6.45, 7) is 4.12. The summed E-state index contributed by atoms with van der Waals surface area (Å²) in [7, 11) is 0. The Balaban J connectivity index is 1.39. The van der Waals surface area contributed by atoms with E-state index >= 15 is 0 Å². The summed E-state index contributed by atoms with van der Waals surface area (Å²) in [4.78, 5) is 40.4. The lowest BCUT2D eigenvalue weighted by atomic mass is 10.1. The summed E-state index contributed by atoms with van der Waals surface area (Å²) in [5.41, 5.74) is 2.40. The molecule has 0 atom stereocenters. The molecule has 1 aliphatic heterocycles. The van der Waals surface area contributed by atoms with Gasteiger partial charge in [-0.1, -0.05) is 35.9 Å². The third-order valence-electron chi connectivity index (χ3n) is 5.04. The molecule has 2 aromatic carbocycles. The summed E-state index contributed by atoms with van der Waals surface area (Å²) < 4.78 is 0. The molecular formula is C22H25ClN4O3. The number of hydrogen-bond acceptors (Lipinski definition) is 4. The third kappa shape index (κ3) is 5.73. The number of piperazine rings is 1. The van der Waals surface area contributed by atoms with Crippen molar-refractivity contribution in [2.45, 2.75) is 6.92 Å². The van der Waals surface area contributed by atoms with Crippen LogP contribution >= 0.6 is 11.6 Å². The second kappa shape index (κ2) is 10.1. The first-order valence-electron chi connectivity index (χ1n) is 9.83. The zero-order chi connectivity index (χ0) is 21.5. The molecule has 0 spiro atoms. The molecule has 7 nitrogen and oxygen atoms in total. The SMILES string of the molecule is Cc1ccccc1C(=O)NCC(=O)NCC(=O)N1CCN(c2cccc(Cl)c2)CC1. The van der Waals surface area contributed by atoms with Crippen LogP contribution in [-0.2, 0) is 9.59 Å². The van der Waals surface area contributed by atoms with Gasteiger partial charge in [0.15, 0.2) is 0 Å². The van der Waals surface area contributed by atoms with E-state index in [1.807, 2.05) is 43.3 Å². The predicted octanol–water partition coefficient (Wildman–Crippen LogP) is 1.84. The smallest absolute Gasteiger partial charge is 0.251 e. The van der Waals surface area contributed by atoms with Crippen LogP contribution in [0.15, 0.2) is 48.5 Å². The Labute approximate surface area is 181 Å². The molecule has 1 aliphatic rings. The number of carbonyl (C=O) groups excluding carboxylic acids is 3. The maximum atomic E-state index is 12.4. The average Bonchev–Trinajstić information content (AvgIpc) is 2.76. The lowest BCUT2D eigenvalue weighted by Crippen LogP contribution is -2.51. The van der Waals surface area contributed by atoms with Gasteiger partial charge in [0.25, 0.3) is 5.91 Å². The highest BCUT2D eigenvalue weighted by molar-refractivity contribution is 6.30. The van der Waals surface area contributed by atoms with E-state index in [4.69, 9.17) is 11.6 Å². The highest BCUT2D eigenvalue weighted by atomic mass is 35.5. The van der Waals surface area contributed by atoms with Gasteiger partial charge in [0.1, 0.15) is 0 Å². The maximum Gasteiger partial charge on any atom is 0.251 e. The molecule has 0 saturated carbocycles. The molecule has 30 heavy (non-hydrogen) atoms. The molecule has 0 bridgehead atoms. The molecule has 2 N–H and O–H groups in total. The fourth-order valence-corrected chi connectivity index (χ4v) is 3.50. The van der Waals surface area contributed by atoms with E-state index in [-0.39, 0.29) is 24.9 Å². The van der Waals surface area contributed by atoms with Crippen molar-refractivity contribution in [2.75, 3.05) is 44.2 Å². The summed E-state index contributed by atoms with van der Waals surface area (Å²) in [6, 6.07) is 14.8. The second-order valence-corrected chi connectivity index (χ2v) is 7.56. The Kier molecular flexibility index (Phi) is 7.30. The molecule has 2 aromatic rings. The summed E-state index contributed by atoms with van der Waals surface area (Å²) >= 11 is 6.04. The third-order valence-corrected chi connectivity index (χ3v) is 5.28. The van der Waals surface area contributed by atoms with Gasteiger partial charge < -0.3 is 20.4 Å². The van der Waals surface area contributed by atoms with Crippen molar-refractivity contribution in [3.8, 4) is 0 Å². The Bertz CT molecular complexity index is 926. The van der Waals surface area contributed by atoms with Crippen LogP contribution in [0.4, 0.5) is 5.69 Å². The molecule has 0 aromatic heterocycles. The van der Waals surface area contributed by atoms with Gasteiger partial charge in [-0.2, -0.15) is 0 Å². The average molecular weight is 429 g/mol. The molecule has 0 unspecified atom stereocenters. The standard InChI is InChI=1S/C22H25ClN4O3/c1-16-5-2-3-8-19(16)22(30)25-14-20(28)24-15-21(29)27-11-9-26(10-12-27)18-7-4-6-17(23)13-18/h2-8,13H,9-12,14-15H2,1H3,(H,24,28)(H,25,30). The van der Waals surface area contributed by atoms with Crippen LogP contribution in [0.5, 0.6) is 0 Å². The number of carbonyl (C=O) groups is 3. The Morgan fingerprint density at radius 1 is 0.933 bits per heavy atom. The lowest BCUT2D eigenvalue weighted by molar-refractivity contribution is -0.132. The van der Waals surface area contributed by atoms with Crippen molar-refractivity contribution in [1.82, 2.24) is 15.5 Å². The Morgan fingerprint density at radius 2 is 1.67 bits per heavy atom. The molecule has 158 valence electrons. The summed E-state index contributed by atoms with van der Waals surface area (Å²) in [5, 5.41) is 5.84. The van der Waals surface area contributed by atoms with Crippen LogP contribution in [-0.4, -0.2) is 61.9 Å². The van der Waals surface area contributed by atoms with Crippen molar-refractivity contribution < 1.29 is 14.4 Å². The quantitative estimate of drug-likeness (QED) is 0.735. The van der Waals surface area contributed by atoms with Crippen molar-refractivity contribution in [3.05, 3.63) is 64.7 Å². The van der Waals surface area contributed by atoms with Gasteiger partial charge in [-0.3, -0.25) is 14.4 Å². The first-order chi connectivity index (χ1) is 14.4. The van der Waals surface area contributed by atoms with Gasteiger partial charge in [-0.15, -0.1) is 0 Å². The predicted molar refractivity (Wildman–Crippen MR) is 117 cm³/mol. The number of halogens is 1. The van der Waals surface area contributed by atoms with Crippen LogP contribution in [0.2, 0.25) is 5.02 Å². The number of benzene rings is 2. The molecule has 1 saturated heterocycles. The maximum absolute atomic E-state index is 12.4. The molecule has 3 rings (SSSR count). The highest BCUT2D eigenvalue weighted by Crippen LogP contribution is 2.20. The highest BCUT2D eigenvalue weighted by Gasteiger charge is 2.21. The fourth-order valence-electron chi connectivity index (χ4n) is 3.32. The molecule has 0 aliphatic carbocycles. The molecule has 1 heterocycles. The number of nitrogens with zero attached hydrogens (tertiary/aromatic N) is 2. The van der Waals surface area contributed by atoms with Gasteiger partial charge >= 0.3 is 0 Å². The Morgan fingerprint density at radius 3 is 2.37 bits per heavy atom. The van der Waals surface area contributed by atoms with E-state index in [1.54, 1.807) is 17.0 Å². The van der Waals surface area contributed by atoms with Crippen LogP contribution < -0.4 is 15.5 Å². The number of amides is 3. The lowest BCUT2D eigenvalue weighted by Gasteiger charge is -2.36. The Hall–Kier alpha value is -3.06. The van der Waals surface area contributed by atoms with Crippen molar-refractivity contribution in [2.24, 2.45) is 0 Å². The number of nitrogens with one attached hydrogen (secondary N) is 2. The van der Waals surface area contributed by atoms with E-state index in [2.05, 4.69) is 15.5 Å². The van der Waals surface area contributed by atoms with Crippen molar-refractivity contribution in [1.29, 1.82) is 0 Å². The van der Waals surface area contributed by atoms with E-state index in [9.17, 15) is 14.4 Å². The normalized spacial score (nSPS) is 13.7. The van der Waals surface area contributed by atoms with E-state index in [1.165, 1.54) is 0 Å². The minimum absolute atomic E-state index is 0.0871. The second-order valence-electron chi connectivity index (χ2n) is 7.12. The van der Waals surface area contributed by atoms with Gasteiger partial charge in [-0.25, -0.2) is 0 Å². The fraction of sp³-hybridized carbons (Fsp3) is 0.318. The van der Waals surface area contributed by atoms with E-state index < -0.39 is 5.91 Å². The summed E-state index contributed by atoms with van der Waals surface area (Å²) in [5.74, 6) is -0.853. The van der Waals surface area contributed by atoms with Crippen LogP contribution in [0, 0.1) is 6.92 Å². The summed E-state index contributed by atoms with van der Waals surface area (Å²) in [6.07, 6.45) is 0. The van der Waals surface area contributed by atoms with E-state index in [0.717, 1.165) is 11.3 Å². The largest absolute Gasteiger partial charge is 0.368 e. The van der Waals surface area contributed by atoms with Gasteiger partial charge in [0.2, 0.25) is 11.8 Å². The first-order valence-corrected chi connectivity index (χ1v) is 10.2. The topological polar surface area (TPSA) is 81.8 Å². The molecule has 3 amide bonds. The van der Waals surface area contributed by atoms with E-state index in [0.29, 0.717) is 36.8 Å². The molecular weight excluding hydrogens is 404 g/mol. The number of anilines is 1. The number of aryl methyl sites for hydroxylation is 1. The van der Waals surface area contributed by atoms with Crippen LogP contribution in [0.1, 0.15) is 15.9 Å². The molecule has 0 radical (unpaired) electrons. The van der Waals surface area contributed by atoms with Crippen LogP contribution in [0.3, 0.4) is 0 Å². The van der Waals surface area contributed by atoms with Gasteiger partial charge in [-0.05, 0) is 36.8 Å². The zero-order valence-electron chi connectivity index (χ0n) is 16.9. The minimum atomic E-state index is -0.400. The van der Waals surface area contributed by atoms with Crippen molar-refractivity contribution >= 4 is 35.0 Å². The number of hydrogen-bond donors (Lipinski definition) is 2. The van der Waals surface area contributed by atoms with Gasteiger partial charge in [0.05, 0.1) is 13.1 Å².